The molecule has 1 aromatic heterocycles. The highest BCUT2D eigenvalue weighted by Crippen LogP contribution is 2.15. The van der Waals surface area contributed by atoms with Crippen molar-refractivity contribution in [3.8, 4) is 0 Å². The van der Waals surface area contributed by atoms with Crippen molar-refractivity contribution in [2.45, 2.75) is 0 Å². The summed E-state index contributed by atoms with van der Waals surface area (Å²) in [5.74, 6) is -3.65. The summed E-state index contributed by atoms with van der Waals surface area (Å²) in [6.07, 6.45) is 1.89. The fourth-order valence-electron chi connectivity index (χ4n) is 0.810. The first-order valence-corrected chi connectivity index (χ1v) is 4.64. The Hall–Kier alpha value is -1.95. The van der Waals surface area contributed by atoms with E-state index in [0.717, 1.165) is 0 Å². The number of carboxylic acids is 2. The smallest absolute Gasteiger partial charge is 0.414 e. The van der Waals surface area contributed by atoms with Gasteiger partial charge in [0.1, 0.15) is 0 Å². The Kier molecular flexibility index (Phi) is 3.75. The van der Waals surface area contributed by atoms with Gasteiger partial charge in [0.25, 0.3) is 0 Å². The van der Waals surface area contributed by atoms with Crippen LogP contribution in [0.4, 0.5) is 0 Å². The van der Waals surface area contributed by atoms with Gasteiger partial charge in [0.05, 0.1) is 4.70 Å². The minimum atomic E-state index is -1.82. The first-order valence-electron chi connectivity index (χ1n) is 3.87. The van der Waals surface area contributed by atoms with Gasteiger partial charge in [0, 0.05) is 11.6 Å². The predicted octanol–water partition coefficient (Wildman–Crippen LogP) is 1.45. The number of hydrogen-bond acceptors (Lipinski definition) is 4. The minimum absolute atomic E-state index is 1.24. The number of aliphatic carboxylic acids is 2. The molecule has 0 aliphatic carbocycles. The summed E-state index contributed by atoms with van der Waals surface area (Å²) in [7, 11) is 0. The summed E-state index contributed by atoms with van der Waals surface area (Å²) < 4.78 is 5.30. The van der Waals surface area contributed by atoms with Crippen LogP contribution in [0.15, 0.2) is 30.5 Å². The zero-order valence-corrected chi connectivity index (χ0v) is 8.27. The van der Waals surface area contributed by atoms with Crippen LogP contribution in [0.5, 0.6) is 0 Å². The quantitative estimate of drug-likeness (QED) is 0.662. The maximum atomic E-state index is 9.10. The van der Waals surface area contributed by atoms with E-state index in [2.05, 4.69) is 16.5 Å². The van der Waals surface area contributed by atoms with E-state index in [4.69, 9.17) is 19.8 Å². The second-order valence-electron chi connectivity index (χ2n) is 2.47. The zero-order valence-electron chi connectivity index (χ0n) is 7.45. The molecule has 0 amide bonds. The first kappa shape index (κ1) is 11.1. The molecular formula is C9H7NO4S. The van der Waals surface area contributed by atoms with Crippen molar-refractivity contribution < 1.29 is 19.8 Å². The summed E-state index contributed by atoms with van der Waals surface area (Å²) in [4.78, 5) is 18.2. The van der Waals surface area contributed by atoms with Gasteiger partial charge >= 0.3 is 11.9 Å². The molecule has 2 N–H and O–H groups in total. The molecule has 78 valence electrons. The third-order valence-electron chi connectivity index (χ3n) is 1.44. The van der Waals surface area contributed by atoms with Crippen LogP contribution in [0.2, 0.25) is 0 Å². The van der Waals surface area contributed by atoms with Crippen LogP contribution >= 0.6 is 11.5 Å². The van der Waals surface area contributed by atoms with E-state index in [9.17, 15) is 0 Å². The molecule has 5 nitrogen and oxygen atoms in total. The van der Waals surface area contributed by atoms with Crippen molar-refractivity contribution in [2.75, 3.05) is 0 Å². The number of hydrogen-bond donors (Lipinski definition) is 2. The molecule has 2 aromatic rings. The molecule has 15 heavy (non-hydrogen) atoms. The van der Waals surface area contributed by atoms with Gasteiger partial charge in [-0.2, -0.15) is 4.37 Å². The molecule has 0 bridgehead atoms. The largest absolute Gasteiger partial charge is 0.473 e. The molecule has 6 heteroatoms. The SMILES string of the molecule is O=C(O)C(=O)O.c1ccc2sncc2c1. The molecule has 1 heterocycles. The summed E-state index contributed by atoms with van der Waals surface area (Å²) in [5, 5.41) is 16.0. The minimum Gasteiger partial charge on any atom is -0.473 e. The van der Waals surface area contributed by atoms with Crippen LogP contribution in [-0.2, 0) is 9.59 Å². The molecular weight excluding hydrogens is 218 g/mol. The lowest BCUT2D eigenvalue weighted by Gasteiger charge is -1.80. The molecule has 0 aliphatic rings. The summed E-state index contributed by atoms with van der Waals surface area (Å²) in [6.45, 7) is 0. The number of nitrogens with zero attached hydrogens (tertiary/aromatic N) is 1. The lowest BCUT2D eigenvalue weighted by molar-refractivity contribution is -0.159. The Balaban J connectivity index is 0.000000167. The van der Waals surface area contributed by atoms with E-state index < -0.39 is 11.9 Å². The number of aromatic nitrogens is 1. The lowest BCUT2D eigenvalue weighted by Crippen LogP contribution is -2.09. The van der Waals surface area contributed by atoms with Gasteiger partial charge in [-0.15, -0.1) is 0 Å². The van der Waals surface area contributed by atoms with Crippen molar-refractivity contribution in [3.63, 3.8) is 0 Å². The second-order valence-corrected chi connectivity index (χ2v) is 3.31. The Morgan fingerprint density at radius 1 is 1.13 bits per heavy atom. The Morgan fingerprint density at radius 2 is 1.73 bits per heavy atom. The molecule has 0 atom stereocenters. The van der Waals surface area contributed by atoms with Crippen LogP contribution in [0.3, 0.4) is 0 Å². The molecule has 2 rings (SSSR count). The van der Waals surface area contributed by atoms with Crippen molar-refractivity contribution >= 4 is 33.6 Å². The van der Waals surface area contributed by atoms with E-state index in [1.54, 1.807) is 0 Å². The van der Waals surface area contributed by atoms with Gasteiger partial charge in [-0.25, -0.2) is 9.59 Å². The Bertz CT molecular complexity index is 437. The Morgan fingerprint density at radius 3 is 2.27 bits per heavy atom. The molecule has 0 radical (unpaired) electrons. The average molecular weight is 225 g/mol. The average Bonchev–Trinajstić information content (AvgIpc) is 2.66. The highest BCUT2D eigenvalue weighted by atomic mass is 32.1. The highest BCUT2D eigenvalue weighted by molar-refractivity contribution is 7.13. The van der Waals surface area contributed by atoms with Crippen molar-refractivity contribution in [1.29, 1.82) is 0 Å². The number of rotatable bonds is 0. The zero-order chi connectivity index (χ0) is 11.3. The van der Waals surface area contributed by atoms with Crippen LogP contribution in [-0.4, -0.2) is 26.5 Å². The van der Waals surface area contributed by atoms with Gasteiger partial charge in [0.15, 0.2) is 0 Å². The maximum absolute atomic E-state index is 9.10. The first-order chi connectivity index (χ1) is 7.11. The number of fused-ring (bicyclic) bond motifs is 1. The molecule has 0 aliphatic heterocycles. The summed E-state index contributed by atoms with van der Waals surface area (Å²) in [6, 6.07) is 8.20. The molecule has 0 unspecified atom stereocenters. The number of carboxylic acid groups (broad SMARTS) is 2. The fraction of sp³-hybridized carbons (Fsp3) is 0. The third kappa shape index (κ3) is 3.35. The van der Waals surface area contributed by atoms with Gasteiger partial charge in [0.2, 0.25) is 0 Å². The lowest BCUT2D eigenvalue weighted by atomic mass is 10.3. The van der Waals surface area contributed by atoms with Crippen molar-refractivity contribution in [3.05, 3.63) is 30.5 Å². The fourth-order valence-corrected chi connectivity index (χ4v) is 1.46. The number of benzene rings is 1. The summed E-state index contributed by atoms with van der Waals surface area (Å²) >= 11 is 1.54. The van der Waals surface area contributed by atoms with Gasteiger partial charge < -0.3 is 10.2 Å². The van der Waals surface area contributed by atoms with Crippen molar-refractivity contribution in [1.82, 2.24) is 4.37 Å². The molecule has 1 aromatic carbocycles. The van der Waals surface area contributed by atoms with E-state index in [1.165, 1.54) is 21.6 Å². The topological polar surface area (TPSA) is 87.5 Å². The van der Waals surface area contributed by atoms with Crippen LogP contribution < -0.4 is 0 Å². The van der Waals surface area contributed by atoms with Gasteiger partial charge in [-0.3, -0.25) is 0 Å². The number of carbonyl (C=O) groups is 2. The Labute approximate surface area is 88.8 Å². The molecule has 0 saturated carbocycles. The predicted molar refractivity (Wildman–Crippen MR) is 54.9 cm³/mol. The van der Waals surface area contributed by atoms with E-state index in [1.807, 2.05) is 18.3 Å². The van der Waals surface area contributed by atoms with Crippen molar-refractivity contribution in [2.24, 2.45) is 0 Å². The normalized spacial score (nSPS) is 9.07. The van der Waals surface area contributed by atoms with E-state index in [-0.39, 0.29) is 0 Å². The van der Waals surface area contributed by atoms with E-state index in [0.29, 0.717) is 0 Å². The van der Waals surface area contributed by atoms with Crippen LogP contribution in [0.25, 0.3) is 10.1 Å². The van der Waals surface area contributed by atoms with Crippen LogP contribution in [0.1, 0.15) is 0 Å². The monoisotopic (exact) mass is 225 g/mol. The molecule has 0 fully saturated rings. The van der Waals surface area contributed by atoms with Gasteiger partial charge in [-0.05, 0) is 17.6 Å². The van der Waals surface area contributed by atoms with Crippen LogP contribution in [0, 0.1) is 0 Å². The molecule has 0 saturated heterocycles. The molecule has 0 spiro atoms. The second kappa shape index (κ2) is 5.06. The summed E-state index contributed by atoms with van der Waals surface area (Å²) in [5.41, 5.74) is 0. The highest BCUT2D eigenvalue weighted by Gasteiger charge is 2.04. The standard InChI is InChI=1S/C7H5NS.C2H2O4/c1-2-4-7-6(3-1)5-8-9-7;3-1(4)2(5)6/h1-5H;(H,3,4)(H,5,6). The maximum Gasteiger partial charge on any atom is 0.414 e. The van der Waals surface area contributed by atoms with E-state index >= 15 is 0 Å². The third-order valence-corrected chi connectivity index (χ3v) is 2.22. The van der Waals surface area contributed by atoms with Gasteiger partial charge in [-0.1, -0.05) is 18.2 Å².